The van der Waals surface area contributed by atoms with E-state index in [4.69, 9.17) is 4.74 Å². The number of nitrogens with zero attached hydrogens (tertiary/aromatic N) is 2. The third kappa shape index (κ3) is 1.77. The largest absolute Gasteiger partial charge is 0.457 e. The molecule has 0 N–H and O–H groups in total. The summed E-state index contributed by atoms with van der Waals surface area (Å²) in [4.78, 5) is 17.6. The number of amides is 1. The van der Waals surface area contributed by atoms with Gasteiger partial charge in [0, 0.05) is 6.20 Å². The molecule has 0 unspecified atom stereocenters. The van der Waals surface area contributed by atoms with Gasteiger partial charge in [-0.25, -0.2) is 4.98 Å². The Balaban J connectivity index is 2.49. The molecular weight excluding hydrogens is 203 g/mol. The molecule has 1 aromatic heterocycles. The number of ether oxygens (including phenoxy) is 1. The average molecular weight is 218 g/mol. The van der Waals surface area contributed by atoms with Crippen molar-refractivity contribution >= 4 is 13.9 Å². The van der Waals surface area contributed by atoms with E-state index >= 15 is 0 Å². The minimum Gasteiger partial charge on any atom is -0.457 e. The third-order valence-electron chi connectivity index (χ3n) is 2.69. The van der Waals surface area contributed by atoms with Gasteiger partial charge in [0.05, 0.1) is 0 Å². The van der Waals surface area contributed by atoms with E-state index in [9.17, 15) is 4.79 Å². The van der Waals surface area contributed by atoms with Crippen LogP contribution in [-0.2, 0) is 5.41 Å². The fraction of sp³-hybridized carbons (Fsp3) is 0.455. The first kappa shape index (κ1) is 11.0. The van der Waals surface area contributed by atoms with Gasteiger partial charge in [-0.3, -0.25) is 4.79 Å². The molecule has 1 aliphatic heterocycles. The Bertz CT molecular complexity index is 440. The van der Waals surface area contributed by atoms with Gasteiger partial charge in [-0.15, -0.1) is 0 Å². The third-order valence-corrected chi connectivity index (χ3v) is 2.69. The van der Waals surface area contributed by atoms with Gasteiger partial charge in [-0.1, -0.05) is 20.8 Å². The number of hydrogen-bond acceptors (Lipinski definition) is 3. The number of carbonyl (C=O) groups excluding carboxylic acids is 1. The lowest BCUT2D eigenvalue weighted by Gasteiger charge is -2.27. The van der Waals surface area contributed by atoms with Crippen LogP contribution in [-0.4, -0.2) is 30.4 Å². The van der Waals surface area contributed by atoms with Gasteiger partial charge in [-0.05, 0) is 17.0 Å². The van der Waals surface area contributed by atoms with E-state index in [0.717, 1.165) is 5.56 Å². The van der Waals surface area contributed by atoms with Gasteiger partial charge in [0.15, 0.2) is 6.73 Å². The zero-order valence-corrected chi connectivity index (χ0v) is 10.1. The second-order valence-electron chi connectivity index (χ2n) is 5.10. The Hall–Kier alpha value is -1.52. The lowest BCUT2D eigenvalue weighted by atomic mass is 9.87. The predicted octanol–water partition coefficient (Wildman–Crippen LogP) is 0.719. The molecule has 1 aromatic rings. The molecule has 0 atom stereocenters. The number of hydrogen-bond donors (Lipinski definition) is 0. The molecule has 16 heavy (non-hydrogen) atoms. The summed E-state index contributed by atoms with van der Waals surface area (Å²) in [5.74, 6) is 0.413. The normalized spacial score (nSPS) is 15.7. The van der Waals surface area contributed by atoms with Gasteiger partial charge in [-0.2, -0.15) is 0 Å². The topological polar surface area (TPSA) is 42.4 Å². The molecule has 0 spiro atoms. The van der Waals surface area contributed by atoms with Crippen molar-refractivity contribution in [1.82, 2.24) is 9.79 Å². The summed E-state index contributed by atoms with van der Waals surface area (Å²) in [5.41, 5.74) is 1.58. The van der Waals surface area contributed by atoms with Gasteiger partial charge in [0.2, 0.25) is 19.8 Å². The van der Waals surface area contributed by atoms with Crippen molar-refractivity contribution in [3.05, 3.63) is 23.4 Å². The quantitative estimate of drug-likeness (QED) is 0.602. The van der Waals surface area contributed by atoms with Crippen molar-refractivity contribution in [2.45, 2.75) is 26.2 Å². The fourth-order valence-electron chi connectivity index (χ4n) is 1.55. The Labute approximate surface area is 96.0 Å². The standard InChI is InChI=1S/C11H15BN2O2/c1-11(2,3)7-4-8-9(13-5-7)16-6-14(12)10(8)15/h4-5H,6,12H2,1-3H3. The van der Waals surface area contributed by atoms with Crippen molar-refractivity contribution in [3.8, 4) is 5.88 Å². The number of fused-ring (bicyclic) bond motifs is 1. The van der Waals surface area contributed by atoms with E-state index in [1.807, 2.05) is 6.07 Å². The Morgan fingerprint density at radius 3 is 2.81 bits per heavy atom. The SMILES string of the molecule is BN1COc2ncc(C(C)(C)C)cc2C1=O. The van der Waals surface area contributed by atoms with E-state index in [1.54, 1.807) is 14.2 Å². The molecule has 1 amide bonds. The summed E-state index contributed by atoms with van der Waals surface area (Å²) >= 11 is 0. The summed E-state index contributed by atoms with van der Waals surface area (Å²) < 4.78 is 5.37. The van der Waals surface area contributed by atoms with Crippen molar-refractivity contribution < 1.29 is 9.53 Å². The summed E-state index contributed by atoms with van der Waals surface area (Å²) in [5, 5.41) is 0. The monoisotopic (exact) mass is 218 g/mol. The minimum absolute atomic E-state index is 0.0155. The van der Waals surface area contributed by atoms with E-state index in [2.05, 4.69) is 25.8 Å². The van der Waals surface area contributed by atoms with Crippen LogP contribution in [0.3, 0.4) is 0 Å². The second-order valence-corrected chi connectivity index (χ2v) is 5.10. The van der Waals surface area contributed by atoms with Crippen LogP contribution in [0, 0.1) is 0 Å². The molecule has 2 rings (SSSR count). The van der Waals surface area contributed by atoms with Gasteiger partial charge in [0.1, 0.15) is 5.56 Å². The molecule has 0 aliphatic carbocycles. The molecular formula is C11H15BN2O2. The maximum absolute atomic E-state index is 11.9. The molecule has 0 fully saturated rings. The molecule has 4 nitrogen and oxygen atoms in total. The van der Waals surface area contributed by atoms with Crippen LogP contribution in [0.25, 0.3) is 0 Å². The minimum atomic E-state index is -0.0279. The number of pyridine rings is 1. The molecule has 0 saturated heterocycles. The van der Waals surface area contributed by atoms with E-state index < -0.39 is 0 Å². The number of aromatic nitrogens is 1. The highest BCUT2D eigenvalue weighted by molar-refractivity contribution is 6.19. The molecule has 0 radical (unpaired) electrons. The Kier molecular flexibility index (Phi) is 2.41. The summed E-state index contributed by atoms with van der Waals surface area (Å²) in [6.07, 6.45) is 1.78. The highest BCUT2D eigenvalue weighted by Gasteiger charge is 2.26. The fourth-order valence-corrected chi connectivity index (χ4v) is 1.55. The molecule has 1 aliphatic rings. The van der Waals surface area contributed by atoms with Crippen LogP contribution in [0.1, 0.15) is 36.7 Å². The smallest absolute Gasteiger partial charge is 0.249 e. The van der Waals surface area contributed by atoms with Crippen LogP contribution in [0.4, 0.5) is 0 Å². The van der Waals surface area contributed by atoms with E-state index in [-0.39, 0.29) is 18.1 Å². The first-order valence-electron chi connectivity index (χ1n) is 5.28. The maximum atomic E-state index is 11.9. The van der Waals surface area contributed by atoms with Gasteiger partial charge >= 0.3 is 0 Å². The van der Waals surface area contributed by atoms with Crippen molar-refractivity contribution in [2.24, 2.45) is 0 Å². The van der Waals surface area contributed by atoms with Crippen LogP contribution >= 0.6 is 0 Å². The molecule has 5 heteroatoms. The van der Waals surface area contributed by atoms with Gasteiger partial charge in [0.25, 0.3) is 0 Å². The zero-order valence-electron chi connectivity index (χ0n) is 10.1. The van der Waals surface area contributed by atoms with Crippen LogP contribution in [0.15, 0.2) is 12.3 Å². The summed E-state index contributed by atoms with van der Waals surface area (Å²) in [6.45, 7) is 6.55. The lowest BCUT2D eigenvalue weighted by molar-refractivity contribution is 0.0712. The van der Waals surface area contributed by atoms with Crippen molar-refractivity contribution in [2.75, 3.05) is 6.73 Å². The van der Waals surface area contributed by atoms with Gasteiger partial charge < -0.3 is 9.55 Å². The first-order valence-corrected chi connectivity index (χ1v) is 5.28. The average Bonchev–Trinajstić information content (AvgIpc) is 2.22. The lowest BCUT2D eigenvalue weighted by Crippen LogP contribution is -2.37. The maximum Gasteiger partial charge on any atom is 0.249 e. The number of carbonyl (C=O) groups is 1. The summed E-state index contributed by atoms with van der Waals surface area (Å²) in [7, 11) is 1.72. The zero-order chi connectivity index (χ0) is 11.9. The Morgan fingerprint density at radius 2 is 2.19 bits per heavy atom. The van der Waals surface area contributed by atoms with Crippen molar-refractivity contribution in [1.29, 1.82) is 0 Å². The molecule has 0 aromatic carbocycles. The first-order chi connectivity index (χ1) is 7.39. The highest BCUT2D eigenvalue weighted by Crippen LogP contribution is 2.28. The molecule has 2 heterocycles. The van der Waals surface area contributed by atoms with E-state index in [0.29, 0.717) is 11.4 Å². The van der Waals surface area contributed by atoms with Crippen molar-refractivity contribution in [3.63, 3.8) is 0 Å². The molecule has 0 saturated carbocycles. The van der Waals surface area contributed by atoms with E-state index in [1.165, 1.54) is 4.81 Å². The highest BCUT2D eigenvalue weighted by atomic mass is 16.5. The Morgan fingerprint density at radius 1 is 1.50 bits per heavy atom. The van der Waals surface area contributed by atoms with Crippen LogP contribution in [0.2, 0.25) is 0 Å². The molecule has 84 valence electrons. The predicted molar refractivity (Wildman–Crippen MR) is 63.1 cm³/mol. The molecule has 0 bridgehead atoms. The number of rotatable bonds is 0. The second kappa shape index (κ2) is 3.51. The van der Waals surface area contributed by atoms with Crippen LogP contribution in [0.5, 0.6) is 5.88 Å². The summed E-state index contributed by atoms with van der Waals surface area (Å²) in [6, 6.07) is 1.88. The van der Waals surface area contributed by atoms with Crippen LogP contribution < -0.4 is 4.74 Å².